The molecule has 0 aliphatic carbocycles. The molecular formula is C17H24N2O2. The van der Waals surface area contributed by atoms with Gasteiger partial charge in [-0.15, -0.1) is 0 Å². The molecule has 2 aliphatic rings. The number of fused-ring (bicyclic) bond motifs is 1. The lowest BCUT2D eigenvalue weighted by Crippen LogP contribution is -2.53. The summed E-state index contributed by atoms with van der Waals surface area (Å²) < 4.78 is 5.75. The normalized spacial score (nSPS) is 24.1. The zero-order valence-corrected chi connectivity index (χ0v) is 12.9. The third kappa shape index (κ3) is 2.91. The lowest BCUT2D eigenvalue weighted by Gasteiger charge is -2.40. The van der Waals surface area contributed by atoms with Gasteiger partial charge in [-0.3, -0.25) is 4.79 Å². The summed E-state index contributed by atoms with van der Waals surface area (Å²) in [6.45, 7) is 4.42. The molecule has 4 heteroatoms. The molecular weight excluding hydrogens is 264 g/mol. The Bertz CT molecular complexity index is 521. The van der Waals surface area contributed by atoms with Crippen LogP contribution in [0.3, 0.4) is 0 Å². The van der Waals surface area contributed by atoms with Crippen LogP contribution in [0.15, 0.2) is 24.3 Å². The lowest BCUT2D eigenvalue weighted by molar-refractivity contribution is -0.138. The number of benzene rings is 1. The molecule has 1 amide bonds. The predicted octanol–water partition coefficient (Wildman–Crippen LogP) is 1.84. The Balaban J connectivity index is 1.63. The number of hydrogen-bond acceptors (Lipinski definition) is 3. The highest BCUT2D eigenvalue weighted by atomic mass is 16.5. The van der Waals surface area contributed by atoms with Gasteiger partial charge in [-0.25, -0.2) is 0 Å². The first-order chi connectivity index (χ1) is 10.1. The van der Waals surface area contributed by atoms with E-state index in [9.17, 15) is 4.79 Å². The van der Waals surface area contributed by atoms with Crippen LogP contribution in [-0.4, -0.2) is 43.1 Å². The Morgan fingerprint density at radius 1 is 1.33 bits per heavy atom. The molecule has 0 spiro atoms. The first-order valence-corrected chi connectivity index (χ1v) is 7.80. The van der Waals surface area contributed by atoms with Crippen molar-refractivity contribution in [1.29, 1.82) is 0 Å². The van der Waals surface area contributed by atoms with Gasteiger partial charge in [0.05, 0.1) is 5.92 Å². The van der Waals surface area contributed by atoms with Crippen molar-refractivity contribution >= 4 is 5.91 Å². The standard InChI is InChI=1S/C17H24N2O2/c1-17(18-2)7-9-19(10-8-17)16(20)14-11-13-5-3-4-6-15(13)21-12-14/h3-6,14,18H,7-12H2,1-2H3. The predicted molar refractivity (Wildman–Crippen MR) is 82.4 cm³/mol. The van der Waals surface area contributed by atoms with E-state index in [4.69, 9.17) is 4.74 Å². The van der Waals surface area contributed by atoms with Crippen LogP contribution in [0.5, 0.6) is 5.75 Å². The van der Waals surface area contributed by atoms with E-state index in [0.29, 0.717) is 6.61 Å². The van der Waals surface area contributed by atoms with Gasteiger partial charge in [-0.05, 0) is 44.9 Å². The maximum absolute atomic E-state index is 12.7. The molecule has 4 nitrogen and oxygen atoms in total. The molecule has 1 N–H and O–H groups in total. The van der Waals surface area contributed by atoms with Gasteiger partial charge in [0, 0.05) is 18.6 Å². The number of rotatable bonds is 2. The number of carbonyl (C=O) groups excluding carboxylic acids is 1. The molecule has 114 valence electrons. The SMILES string of the molecule is CNC1(C)CCN(C(=O)C2COc3ccccc3C2)CC1. The van der Waals surface area contributed by atoms with Crippen LogP contribution in [0.25, 0.3) is 0 Å². The molecule has 3 rings (SSSR count). The summed E-state index contributed by atoms with van der Waals surface area (Å²) in [5.74, 6) is 1.16. The van der Waals surface area contributed by atoms with Crippen LogP contribution in [-0.2, 0) is 11.2 Å². The van der Waals surface area contributed by atoms with E-state index in [1.165, 1.54) is 0 Å². The summed E-state index contributed by atoms with van der Waals surface area (Å²) in [5.41, 5.74) is 1.33. The van der Waals surface area contributed by atoms with Gasteiger partial charge in [0.2, 0.25) is 5.91 Å². The summed E-state index contributed by atoms with van der Waals surface area (Å²) >= 11 is 0. The van der Waals surface area contributed by atoms with Crippen molar-refractivity contribution in [3.63, 3.8) is 0 Å². The molecule has 1 aromatic rings. The number of nitrogens with one attached hydrogen (secondary N) is 1. The average molecular weight is 288 g/mol. The highest BCUT2D eigenvalue weighted by molar-refractivity contribution is 5.80. The monoisotopic (exact) mass is 288 g/mol. The number of carbonyl (C=O) groups is 1. The molecule has 0 saturated carbocycles. The van der Waals surface area contributed by atoms with Gasteiger partial charge in [0.25, 0.3) is 0 Å². The van der Waals surface area contributed by atoms with E-state index in [-0.39, 0.29) is 17.4 Å². The second kappa shape index (κ2) is 5.68. The van der Waals surface area contributed by atoms with Crippen molar-refractivity contribution in [3.05, 3.63) is 29.8 Å². The Labute approximate surface area is 126 Å². The smallest absolute Gasteiger partial charge is 0.229 e. The number of ether oxygens (including phenoxy) is 1. The number of nitrogens with zero attached hydrogens (tertiary/aromatic N) is 1. The summed E-state index contributed by atoms with van der Waals surface area (Å²) in [6, 6.07) is 8.02. The van der Waals surface area contributed by atoms with E-state index in [2.05, 4.69) is 18.3 Å². The number of amides is 1. The van der Waals surface area contributed by atoms with Crippen LogP contribution in [0.2, 0.25) is 0 Å². The minimum atomic E-state index is -0.0289. The summed E-state index contributed by atoms with van der Waals surface area (Å²) in [4.78, 5) is 14.7. The Kier molecular flexibility index (Phi) is 3.89. The molecule has 2 heterocycles. The second-order valence-electron chi connectivity index (χ2n) is 6.46. The van der Waals surface area contributed by atoms with Crippen LogP contribution in [0.1, 0.15) is 25.3 Å². The number of piperidine rings is 1. The van der Waals surface area contributed by atoms with Crippen LogP contribution in [0, 0.1) is 5.92 Å². The van der Waals surface area contributed by atoms with Crippen molar-refractivity contribution in [2.75, 3.05) is 26.7 Å². The first kappa shape index (κ1) is 14.4. The number of likely N-dealkylation sites (tertiary alicyclic amines) is 1. The van der Waals surface area contributed by atoms with Crippen molar-refractivity contribution in [2.45, 2.75) is 31.7 Å². The highest BCUT2D eigenvalue weighted by Crippen LogP contribution is 2.29. The molecule has 0 aromatic heterocycles. The Hall–Kier alpha value is -1.55. The van der Waals surface area contributed by atoms with Gasteiger partial charge in [0.15, 0.2) is 0 Å². The molecule has 21 heavy (non-hydrogen) atoms. The zero-order valence-electron chi connectivity index (χ0n) is 12.9. The van der Waals surface area contributed by atoms with Crippen molar-refractivity contribution in [1.82, 2.24) is 10.2 Å². The summed E-state index contributed by atoms with van der Waals surface area (Å²) in [7, 11) is 2.00. The van der Waals surface area contributed by atoms with Crippen molar-refractivity contribution in [3.8, 4) is 5.75 Å². The molecule has 0 radical (unpaired) electrons. The minimum Gasteiger partial charge on any atom is -0.492 e. The third-order valence-electron chi connectivity index (χ3n) is 5.01. The highest BCUT2D eigenvalue weighted by Gasteiger charge is 2.34. The Morgan fingerprint density at radius 2 is 2.05 bits per heavy atom. The van der Waals surface area contributed by atoms with Crippen LogP contribution < -0.4 is 10.1 Å². The number of para-hydroxylation sites is 1. The maximum Gasteiger partial charge on any atom is 0.229 e. The van der Waals surface area contributed by atoms with Gasteiger partial charge < -0.3 is 15.0 Å². The molecule has 1 atom stereocenters. The maximum atomic E-state index is 12.7. The molecule has 0 bridgehead atoms. The van der Waals surface area contributed by atoms with E-state index in [0.717, 1.165) is 43.7 Å². The van der Waals surface area contributed by atoms with Gasteiger partial charge >= 0.3 is 0 Å². The quantitative estimate of drug-likeness (QED) is 0.903. The second-order valence-corrected chi connectivity index (χ2v) is 6.46. The first-order valence-electron chi connectivity index (χ1n) is 7.80. The van der Waals surface area contributed by atoms with E-state index in [1.807, 2.05) is 30.1 Å². The lowest BCUT2D eigenvalue weighted by atomic mass is 9.88. The fraction of sp³-hybridized carbons (Fsp3) is 0.588. The zero-order chi connectivity index (χ0) is 14.9. The van der Waals surface area contributed by atoms with Crippen molar-refractivity contribution < 1.29 is 9.53 Å². The average Bonchev–Trinajstić information content (AvgIpc) is 2.54. The van der Waals surface area contributed by atoms with Crippen LogP contribution >= 0.6 is 0 Å². The molecule has 2 aliphatic heterocycles. The molecule has 1 fully saturated rings. The summed E-state index contributed by atoms with van der Waals surface area (Å²) in [5, 5.41) is 3.37. The fourth-order valence-electron chi connectivity index (χ4n) is 3.22. The molecule has 1 unspecified atom stereocenters. The van der Waals surface area contributed by atoms with Crippen molar-refractivity contribution in [2.24, 2.45) is 5.92 Å². The number of hydrogen-bond donors (Lipinski definition) is 1. The summed E-state index contributed by atoms with van der Waals surface area (Å²) in [6.07, 6.45) is 2.83. The van der Waals surface area contributed by atoms with E-state index >= 15 is 0 Å². The minimum absolute atomic E-state index is 0.0289. The third-order valence-corrected chi connectivity index (χ3v) is 5.01. The van der Waals surface area contributed by atoms with E-state index in [1.54, 1.807) is 0 Å². The molecule has 1 aromatic carbocycles. The van der Waals surface area contributed by atoms with Gasteiger partial charge in [-0.2, -0.15) is 0 Å². The Morgan fingerprint density at radius 3 is 2.76 bits per heavy atom. The largest absolute Gasteiger partial charge is 0.492 e. The van der Waals surface area contributed by atoms with Crippen LogP contribution in [0.4, 0.5) is 0 Å². The van der Waals surface area contributed by atoms with E-state index < -0.39 is 0 Å². The van der Waals surface area contributed by atoms with Gasteiger partial charge in [-0.1, -0.05) is 18.2 Å². The fourth-order valence-corrected chi connectivity index (χ4v) is 3.22. The van der Waals surface area contributed by atoms with Gasteiger partial charge in [0.1, 0.15) is 12.4 Å². The topological polar surface area (TPSA) is 41.6 Å². The molecule has 1 saturated heterocycles.